The Balaban J connectivity index is 2.51. The third-order valence-electron chi connectivity index (χ3n) is 3.91. The molecule has 4 nitrogen and oxygen atoms in total. The molecule has 0 spiro atoms. The van der Waals surface area contributed by atoms with Gasteiger partial charge in [0, 0.05) is 12.6 Å². The molecule has 0 aliphatic heterocycles. The molecule has 0 heterocycles. The fourth-order valence-electron chi connectivity index (χ4n) is 2.64. The van der Waals surface area contributed by atoms with Gasteiger partial charge in [-0.05, 0) is 32.9 Å². The van der Waals surface area contributed by atoms with Crippen LogP contribution in [0.5, 0.6) is 0 Å². The van der Waals surface area contributed by atoms with Crippen LogP contribution in [0.3, 0.4) is 0 Å². The SMILES string of the molecule is CCN(CC)CC(C)NC(=O)C1(C#N)CCCC1. The number of hydrogen-bond acceptors (Lipinski definition) is 3. The average Bonchev–Trinajstić information content (AvgIpc) is 2.85. The summed E-state index contributed by atoms with van der Waals surface area (Å²) in [6.07, 6.45) is 3.41. The molecule has 0 aromatic rings. The third kappa shape index (κ3) is 3.46. The minimum Gasteiger partial charge on any atom is -0.351 e. The van der Waals surface area contributed by atoms with Gasteiger partial charge in [0.25, 0.3) is 0 Å². The second-order valence-corrected chi connectivity index (χ2v) is 5.26. The summed E-state index contributed by atoms with van der Waals surface area (Å²) >= 11 is 0. The van der Waals surface area contributed by atoms with Crippen molar-refractivity contribution in [1.29, 1.82) is 5.26 Å². The van der Waals surface area contributed by atoms with Crippen molar-refractivity contribution in [3.05, 3.63) is 0 Å². The van der Waals surface area contributed by atoms with Crippen molar-refractivity contribution in [2.75, 3.05) is 19.6 Å². The Morgan fingerprint density at radius 1 is 1.39 bits per heavy atom. The van der Waals surface area contributed by atoms with E-state index in [1.165, 1.54) is 0 Å². The monoisotopic (exact) mass is 251 g/mol. The maximum absolute atomic E-state index is 12.2. The van der Waals surface area contributed by atoms with Gasteiger partial charge in [-0.15, -0.1) is 0 Å². The maximum atomic E-state index is 12.2. The normalized spacial score (nSPS) is 19.5. The van der Waals surface area contributed by atoms with Crippen molar-refractivity contribution in [2.24, 2.45) is 5.41 Å². The molecule has 18 heavy (non-hydrogen) atoms. The largest absolute Gasteiger partial charge is 0.351 e. The van der Waals surface area contributed by atoms with Crippen LogP contribution in [-0.4, -0.2) is 36.5 Å². The van der Waals surface area contributed by atoms with E-state index in [1.54, 1.807) is 0 Å². The molecule has 1 atom stereocenters. The van der Waals surface area contributed by atoms with E-state index in [2.05, 4.69) is 30.1 Å². The number of carbonyl (C=O) groups excluding carboxylic acids is 1. The highest BCUT2D eigenvalue weighted by Crippen LogP contribution is 2.37. The molecule has 0 aromatic heterocycles. The molecule has 102 valence electrons. The lowest BCUT2D eigenvalue weighted by Gasteiger charge is -2.26. The number of nitrogens with one attached hydrogen (secondary N) is 1. The van der Waals surface area contributed by atoms with Crippen molar-refractivity contribution in [3.63, 3.8) is 0 Å². The zero-order chi connectivity index (χ0) is 13.6. The lowest BCUT2D eigenvalue weighted by molar-refractivity contribution is -0.128. The zero-order valence-electron chi connectivity index (χ0n) is 11.8. The highest BCUT2D eigenvalue weighted by molar-refractivity contribution is 5.85. The molecule has 1 unspecified atom stereocenters. The fourth-order valence-corrected chi connectivity index (χ4v) is 2.64. The number of carbonyl (C=O) groups is 1. The van der Waals surface area contributed by atoms with Gasteiger partial charge in [-0.25, -0.2) is 0 Å². The summed E-state index contributed by atoms with van der Waals surface area (Å²) in [5, 5.41) is 12.3. The summed E-state index contributed by atoms with van der Waals surface area (Å²) < 4.78 is 0. The number of likely N-dealkylation sites (N-methyl/N-ethyl adjacent to an activating group) is 1. The molecule has 0 saturated heterocycles. The second kappa shape index (κ2) is 6.75. The van der Waals surface area contributed by atoms with Crippen molar-refractivity contribution in [3.8, 4) is 6.07 Å². The van der Waals surface area contributed by atoms with Gasteiger partial charge < -0.3 is 10.2 Å². The average molecular weight is 251 g/mol. The molecule has 1 amide bonds. The van der Waals surface area contributed by atoms with Gasteiger partial charge in [0.15, 0.2) is 0 Å². The molecule has 0 radical (unpaired) electrons. The van der Waals surface area contributed by atoms with Crippen molar-refractivity contribution < 1.29 is 4.79 Å². The molecule has 1 saturated carbocycles. The second-order valence-electron chi connectivity index (χ2n) is 5.26. The van der Waals surface area contributed by atoms with Crippen molar-refractivity contribution in [2.45, 2.75) is 52.5 Å². The van der Waals surface area contributed by atoms with E-state index in [1.807, 2.05) is 6.92 Å². The molecule has 1 N–H and O–H groups in total. The highest BCUT2D eigenvalue weighted by atomic mass is 16.2. The van der Waals surface area contributed by atoms with Gasteiger partial charge in [-0.3, -0.25) is 4.79 Å². The number of rotatable bonds is 6. The van der Waals surface area contributed by atoms with Gasteiger partial charge >= 0.3 is 0 Å². The van der Waals surface area contributed by atoms with E-state index in [0.29, 0.717) is 12.8 Å². The first-order valence-electron chi connectivity index (χ1n) is 7.02. The fraction of sp³-hybridized carbons (Fsp3) is 0.857. The Morgan fingerprint density at radius 3 is 2.39 bits per heavy atom. The third-order valence-corrected chi connectivity index (χ3v) is 3.91. The van der Waals surface area contributed by atoms with Crippen LogP contribution in [0.25, 0.3) is 0 Å². The van der Waals surface area contributed by atoms with Gasteiger partial charge in [0.1, 0.15) is 5.41 Å². The summed E-state index contributed by atoms with van der Waals surface area (Å²) in [4.78, 5) is 14.5. The molecule has 0 aromatic carbocycles. The molecule has 4 heteroatoms. The van der Waals surface area contributed by atoms with Crippen LogP contribution in [0.15, 0.2) is 0 Å². The first-order chi connectivity index (χ1) is 8.57. The summed E-state index contributed by atoms with van der Waals surface area (Å²) in [7, 11) is 0. The number of nitriles is 1. The van der Waals surface area contributed by atoms with Crippen LogP contribution in [-0.2, 0) is 4.79 Å². The van der Waals surface area contributed by atoms with Gasteiger partial charge in [0.05, 0.1) is 6.07 Å². The Hall–Kier alpha value is -1.08. The standard InChI is InChI=1S/C14H25N3O/c1-4-17(5-2)10-12(3)16-13(18)14(11-15)8-6-7-9-14/h12H,4-10H2,1-3H3,(H,16,18). The lowest BCUT2D eigenvalue weighted by atomic mass is 9.87. The minimum absolute atomic E-state index is 0.0674. The van der Waals surface area contributed by atoms with Crippen molar-refractivity contribution >= 4 is 5.91 Å². The number of nitrogens with zero attached hydrogens (tertiary/aromatic N) is 2. The van der Waals surface area contributed by atoms with E-state index < -0.39 is 5.41 Å². The molecule has 1 rings (SSSR count). The van der Waals surface area contributed by atoms with E-state index in [9.17, 15) is 10.1 Å². The quantitative estimate of drug-likeness (QED) is 0.784. The molecule has 1 aliphatic carbocycles. The molecular weight excluding hydrogens is 226 g/mol. The van der Waals surface area contributed by atoms with Gasteiger partial charge in [-0.1, -0.05) is 26.7 Å². The van der Waals surface area contributed by atoms with E-state index in [0.717, 1.165) is 32.5 Å². The zero-order valence-corrected chi connectivity index (χ0v) is 11.8. The van der Waals surface area contributed by atoms with Gasteiger partial charge in [-0.2, -0.15) is 5.26 Å². The molecule has 0 bridgehead atoms. The molecule has 1 fully saturated rings. The minimum atomic E-state index is -0.752. The topological polar surface area (TPSA) is 56.1 Å². The summed E-state index contributed by atoms with van der Waals surface area (Å²) in [6.45, 7) is 9.06. The van der Waals surface area contributed by atoms with Crippen LogP contribution in [0.2, 0.25) is 0 Å². The predicted octanol–water partition coefficient (Wildman–Crippen LogP) is 1.92. The first kappa shape index (κ1) is 15.0. The van der Waals surface area contributed by atoms with E-state index in [4.69, 9.17) is 0 Å². The Bertz CT molecular complexity index is 311. The Labute approximate surface area is 110 Å². The van der Waals surface area contributed by atoms with Crippen LogP contribution in [0, 0.1) is 16.7 Å². The molecular formula is C14H25N3O. The van der Waals surface area contributed by atoms with Gasteiger partial charge in [0.2, 0.25) is 5.91 Å². The van der Waals surface area contributed by atoms with Crippen LogP contribution < -0.4 is 5.32 Å². The van der Waals surface area contributed by atoms with Crippen molar-refractivity contribution in [1.82, 2.24) is 10.2 Å². The summed E-state index contributed by atoms with van der Waals surface area (Å²) in [5.74, 6) is -0.0674. The number of amides is 1. The predicted molar refractivity (Wildman–Crippen MR) is 71.9 cm³/mol. The summed E-state index contributed by atoms with van der Waals surface area (Å²) in [5.41, 5.74) is -0.752. The van der Waals surface area contributed by atoms with Crippen LogP contribution in [0.4, 0.5) is 0 Å². The van der Waals surface area contributed by atoms with Crippen LogP contribution >= 0.6 is 0 Å². The van der Waals surface area contributed by atoms with E-state index in [-0.39, 0.29) is 11.9 Å². The maximum Gasteiger partial charge on any atom is 0.240 e. The van der Waals surface area contributed by atoms with E-state index >= 15 is 0 Å². The van der Waals surface area contributed by atoms with Crippen LogP contribution in [0.1, 0.15) is 46.5 Å². The lowest BCUT2D eigenvalue weighted by Crippen LogP contribution is -2.47. The first-order valence-corrected chi connectivity index (χ1v) is 7.02. The Morgan fingerprint density at radius 2 is 1.94 bits per heavy atom. The Kier molecular flexibility index (Phi) is 5.61. The highest BCUT2D eigenvalue weighted by Gasteiger charge is 2.41. The number of hydrogen-bond donors (Lipinski definition) is 1. The summed E-state index contributed by atoms with van der Waals surface area (Å²) in [6, 6.07) is 2.34. The smallest absolute Gasteiger partial charge is 0.240 e. The molecule has 1 aliphatic rings.